The lowest BCUT2D eigenvalue weighted by Crippen LogP contribution is -2.12. The van der Waals surface area contributed by atoms with Gasteiger partial charge in [0, 0.05) is 16.7 Å². The molecule has 1 aromatic heterocycles. The zero-order chi connectivity index (χ0) is 20.2. The van der Waals surface area contributed by atoms with Crippen LogP contribution in [-0.2, 0) is 0 Å². The summed E-state index contributed by atoms with van der Waals surface area (Å²) in [6, 6.07) is 26.0. The molecule has 29 heavy (non-hydrogen) atoms. The van der Waals surface area contributed by atoms with Crippen LogP contribution in [0.2, 0.25) is 0 Å². The minimum Gasteiger partial charge on any atom is -0.298 e. The number of hydrogen-bond acceptors (Lipinski definition) is 4. The zero-order valence-corrected chi connectivity index (χ0v) is 16.6. The van der Waals surface area contributed by atoms with Gasteiger partial charge in [0.2, 0.25) is 5.78 Å². The van der Waals surface area contributed by atoms with Crippen molar-refractivity contribution in [3.05, 3.63) is 106 Å². The fraction of sp³-hybridized carbons (Fsp3) is 0.0417. The highest BCUT2D eigenvalue weighted by Crippen LogP contribution is 2.33. The topological polar surface area (TPSA) is 59.1 Å². The predicted molar refractivity (Wildman–Crippen MR) is 117 cm³/mol. The Balaban J connectivity index is 1.73. The van der Waals surface area contributed by atoms with E-state index < -0.39 is 0 Å². The van der Waals surface area contributed by atoms with Crippen LogP contribution < -0.4 is 5.32 Å². The SMILES string of the molecule is Cc1ccccc1C(=O)Nc1nc(-c2ccccc2)c(C(=O)c2ccccc2)s1. The largest absolute Gasteiger partial charge is 0.298 e. The van der Waals surface area contributed by atoms with Gasteiger partial charge in [0.05, 0.1) is 5.69 Å². The average molecular weight is 398 g/mol. The molecule has 4 nitrogen and oxygen atoms in total. The number of carbonyl (C=O) groups excluding carboxylic acids is 2. The number of carbonyl (C=O) groups is 2. The maximum Gasteiger partial charge on any atom is 0.257 e. The van der Waals surface area contributed by atoms with Crippen molar-refractivity contribution < 1.29 is 9.59 Å². The summed E-state index contributed by atoms with van der Waals surface area (Å²) in [6.07, 6.45) is 0. The molecule has 5 heteroatoms. The Morgan fingerprint density at radius 2 is 1.45 bits per heavy atom. The molecule has 0 radical (unpaired) electrons. The molecule has 0 spiro atoms. The van der Waals surface area contributed by atoms with E-state index in [4.69, 9.17) is 0 Å². The Hall–Kier alpha value is -3.57. The third kappa shape index (κ3) is 4.00. The highest BCUT2D eigenvalue weighted by Gasteiger charge is 2.22. The minimum absolute atomic E-state index is 0.113. The van der Waals surface area contributed by atoms with Gasteiger partial charge in [-0.3, -0.25) is 14.9 Å². The second-order valence-corrected chi connectivity index (χ2v) is 7.53. The summed E-state index contributed by atoms with van der Waals surface area (Å²) < 4.78 is 0. The number of hydrogen-bond donors (Lipinski definition) is 1. The Bertz CT molecular complexity index is 1170. The molecule has 0 fully saturated rings. The molecule has 0 aliphatic heterocycles. The van der Waals surface area contributed by atoms with Crippen LogP contribution in [0, 0.1) is 6.92 Å². The molecule has 0 aliphatic carbocycles. The number of anilines is 1. The highest BCUT2D eigenvalue weighted by atomic mass is 32.1. The number of rotatable bonds is 5. The van der Waals surface area contributed by atoms with E-state index in [1.165, 1.54) is 11.3 Å². The van der Waals surface area contributed by atoms with Gasteiger partial charge in [-0.1, -0.05) is 90.2 Å². The fourth-order valence-corrected chi connectivity index (χ4v) is 3.98. The van der Waals surface area contributed by atoms with Gasteiger partial charge in [-0.05, 0) is 18.6 Å². The monoisotopic (exact) mass is 398 g/mol. The lowest BCUT2D eigenvalue weighted by atomic mass is 10.1. The summed E-state index contributed by atoms with van der Waals surface area (Å²) in [6.45, 7) is 1.89. The van der Waals surface area contributed by atoms with Crippen LogP contribution in [0.25, 0.3) is 11.3 Å². The van der Waals surface area contributed by atoms with Crippen LogP contribution in [0.15, 0.2) is 84.9 Å². The van der Waals surface area contributed by atoms with Crippen molar-refractivity contribution in [1.29, 1.82) is 0 Å². The normalized spacial score (nSPS) is 10.5. The molecule has 1 heterocycles. The molecule has 0 saturated carbocycles. The zero-order valence-electron chi connectivity index (χ0n) is 15.8. The van der Waals surface area contributed by atoms with Gasteiger partial charge in [0.25, 0.3) is 5.91 Å². The third-order valence-electron chi connectivity index (χ3n) is 4.53. The van der Waals surface area contributed by atoms with E-state index in [-0.39, 0.29) is 11.7 Å². The number of ketones is 1. The first-order valence-corrected chi connectivity index (χ1v) is 9.98. The van der Waals surface area contributed by atoms with Crippen molar-refractivity contribution in [2.45, 2.75) is 6.92 Å². The maximum absolute atomic E-state index is 13.1. The number of benzene rings is 3. The Labute approximate surface area is 172 Å². The molecule has 142 valence electrons. The lowest BCUT2D eigenvalue weighted by molar-refractivity contribution is 0.102. The van der Waals surface area contributed by atoms with E-state index in [2.05, 4.69) is 10.3 Å². The summed E-state index contributed by atoms with van der Waals surface area (Å²) in [5.41, 5.74) is 3.46. The van der Waals surface area contributed by atoms with Gasteiger partial charge in [-0.2, -0.15) is 0 Å². The summed E-state index contributed by atoms with van der Waals surface area (Å²) >= 11 is 1.19. The van der Waals surface area contributed by atoms with Crippen molar-refractivity contribution in [1.82, 2.24) is 4.98 Å². The quantitative estimate of drug-likeness (QED) is 0.445. The van der Waals surface area contributed by atoms with Crippen molar-refractivity contribution in [2.24, 2.45) is 0 Å². The highest BCUT2D eigenvalue weighted by molar-refractivity contribution is 7.18. The van der Waals surface area contributed by atoms with Crippen molar-refractivity contribution in [3.8, 4) is 11.3 Å². The molecule has 0 bridgehead atoms. The number of aryl methyl sites for hydroxylation is 1. The molecular weight excluding hydrogens is 380 g/mol. The first-order chi connectivity index (χ1) is 14.1. The molecule has 0 aliphatic rings. The second kappa shape index (κ2) is 8.20. The number of aromatic nitrogens is 1. The number of nitrogens with zero attached hydrogens (tertiary/aromatic N) is 1. The van der Waals surface area contributed by atoms with Crippen LogP contribution in [0.4, 0.5) is 5.13 Å². The van der Waals surface area contributed by atoms with Gasteiger partial charge in [-0.25, -0.2) is 4.98 Å². The molecule has 0 unspecified atom stereocenters. The minimum atomic E-state index is -0.241. The van der Waals surface area contributed by atoms with Gasteiger partial charge in [-0.15, -0.1) is 0 Å². The molecule has 0 saturated heterocycles. The summed E-state index contributed by atoms with van der Waals surface area (Å²) in [5, 5.41) is 3.25. The summed E-state index contributed by atoms with van der Waals surface area (Å²) in [4.78, 5) is 30.9. The Kier molecular flexibility index (Phi) is 5.31. The molecule has 0 atom stereocenters. The predicted octanol–water partition coefficient (Wildman–Crippen LogP) is 5.60. The van der Waals surface area contributed by atoms with Crippen LogP contribution in [0.3, 0.4) is 0 Å². The van der Waals surface area contributed by atoms with Crippen molar-refractivity contribution in [3.63, 3.8) is 0 Å². The van der Waals surface area contributed by atoms with Crippen LogP contribution in [-0.4, -0.2) is 16.7 Å². The van der Waals surface area contributed by atoms with E-state index in [1.807, 2.05) is 73.7 Å². The van der Waals surface area contributed by atoms with Gasteiger partial charge >= 0.3 is 0 Å². The van der Waals surface area contributed by atoms with Gasteiger partial charge < -0.3 is 0 Å². The molecule has 4 aromatic rings. The van der Waals surface area contributed by atoms with Crippen LogP contribution in [0.1, 0.15) is 31.2 Å². The maximum atomic E-state index is 13.1. The molecule has 4 rings (SSSR count). The summed E-state index contributed by atoms with van der Waals surface area (Å²) in [5.74, 6) is -0.353. The first kappa shape index (κ1) is 18.8. The second-order valence-electron chi connectivity index (χ2n) is 6.53. The molecule has 1 N–H and O–H groups in total. The van der Waals surface area contributed by atoms with Crippen LogP contribution >= 0.6 is 11.3 Å². The van der Waals surface area contributed by atoms with E-state index in [9.17, 15) is 9.59 Å². The molecular formula is C24H18N2O2S. The lowest BCUT2D eigenvalue weighted by Gasteiger charge is -2.04. The van der Waals surface area contributed by atoms with Gasteiger partial charge in [0.15, 0.2) is 5.13 Å². The number of amides is 1. The smallest absolute Gasteiger partial charge is 0.257 e. The third-order valence-corrected chi connectivity index (χ3v) is 5.50. The van der Waals surface area contributed by atoms with Crippen molar-refractivity contribution >= 4 is 28.2 Å². The number of thiazole rings is 1. The van der Waals surface area contributed by atoms with Crippen LogP contribution in [0.5, 0.6) is 0 Å². The van der Waals surface area contributed by atoms with Gasteiger partial charge in [0.1, 0.15) is 4.88 Å². The van der Waals surface area contributed by atoms with E-state index >= 15 is 0 Å². The van der Waals surface area contributed by atoms with E-state index in [0.717, 1.165) is 11.1 Å². The average Bonchev–Trinajstić information content (AvgIpc) is 3.18. The standard InChI is InChI=1S/C24H18N2O2S/c1-16-10-8-9-15-19(16)23(28)26-24-25-20(17-11-4-2-5-12-17)22(29-24)21(27)18-13-6-3-7-14-18/h2-15H,1H3,(H,25,26,28). The van der Waals surface area contributed by atoms with E-state index in [0.29, 0.717) is 26.8 Å². The number of nitrogens with one attached hydrogen (secondary N) is 1. The summed E-state index contributed by atoms with van der Waals surface area (Å²) in [7, 11) is 0. The molecule has 1 amide bonds. The first-order valence-electron chi connectivity index (χ1n) is 9.16. The fourth-order valence-electron chi connectivity index (χ4n) is 3.03. The van der Waals surface area contributed by atoms with Crippen molar-refractivity contribution in [2.75, 3.05) is 5.32 Å². The Morgan fingerprint density at radius 1 is 0.828 bits per heavy atom. The van der Waals surface area contributed by atoms with E-state index in [1.54, 1.807) is 18.2 Å². The Morgan fingerprint density at radius 3 is 2.14 bits per heavy atom. The molecule has 3 aromatic carbocycles.